The quantitative estimate of drug-likeness (QED) is 0.588. The summed E-state index contributed by atoms with van der Waals surface area (Å²) in [6.45, 7) is 0. The van der Waals surface area contributed by atoms with E-state index in [1.165, 1.54) is 4.68 Å². The van der Waals surface area contributed by atoms with Crippen LogP contribution in [-0.2, 0) is 0 Å². The van der Waals surface area contributed by atoms with Crippen LogP contribution in [0.15, 0.2) is 73.3 Å². The smallest absolute Gasteiger partial charge is 0.184 e. The van der Waals surface area contributed by atoms with Gasteiger partial charge in [0.25, 0.3) is 0 Å². The number of hydrogen-bond acceptors (Lipinski definition) is 5. The zero-order valence-corrected chi connectivity index (χ0v) is 12.7. The van der Waals surface area contributed by atoms with Crippen LogP contribution in [0.2, 0.25) is 0 Å². The number of nitrogens with two attached hydrogens (primary N) is 1. The molecule has 0 saturated carbocycles. The van der Waals surface area contributed by atoms with Gasteiger partial charge in [0.05, 0.1) is 0 Å². The van der Waals surface area contributed by atoms with E-state index in [4.69, 9.17) is 5.84 Å². The molecular formula is C18H14N6. The average molecular weight is 314 g/mol. The van der Waals surface area contributed by atoms with Crippen molar-refractivity contribution < 1.29 is 0 Å². The first-order valence-electron chi connectivity index (χ1n) is 7.44. The van der Waals surface area contributed by atoms with Crippen molar-refractivity contribution in [3.05, 3.63) is 73.3 Å². The van der Waals surface area contributed by atoms with Gasteiger partial charge in [0.2, 0.25) is 0 Å². The first-order chi connectivity index (χ1) is 11.8. The van der Waals surface area contributed by atoms with Gasteiger partial charge in [-0.3, -0.25) is 9.97 Å². The maximum Gasteiger partial charge on any atom is 0.184 e. The molecule has 116 valence electrons. The molecule has 1 aromatic carbocycles. The normalized spacial score (nSPS) is 10.7. The lowest BCUT2D eigenvalue weighted by molar-refractivity contribution is 1.01. The lowest BCUT2D eigenvalue weighted by Crippen LogP contribution is -2.11. The molecule has 0 atom stereocenters. The minimum Gasteiger partial charge on any atom is -0.336 e. The summed E-state index contributed by atoms with van der Waals surface area (Å²) in [5.41, 5.74) is 3.95. The van der Waals surface area contributed by atoms with Gasteiger partial charge in [-0.05, 0) is 35.4 Å². The number of rotatable bonds is 3. The predicted octanol–water partition coefficient (Wildman–Crippen LogP) is 2.78. The van der Waals surface area contributed by atoms with Crippen molar-refractivity contribution in [2.45, 2.75) is 0 Å². The second-order valence-electron chi connectivity index (χ2n) is 5.27. The number of pyridine rings is 2. The molecule has 0 fully saturated rings. The molecule has 6 heteroatoms. The Morgan fingerprint density at radius 2 is 1.25 bits per heavy atom. The molecule has 3 heterocycles. The molecule has 0 aliphatic carbocycles. The van der Waals surface area contributed by atoms with E-state index in [0.29, 0.717) is 11.6 Å². The van der Waals surface area contributed by atoms with Crippen LogP contribution in [-0.4, -0.2) is 24.8 Å². The number of benzene rings is 1. The van der Waals surface area contributed by atoms with Gasteiger partial charge in [-0.1, -0.05) is 24.3 Å². The first kappa shape index (κ1) is 14.1. The highest BCUT2D eigenvalue weighted by atomic mass is 15.4. The largest absolute Gasteiger partial charge is 0.336 e. The molecule has 24 heavy (non-hydrogen) atoms. The Labute approximate surface area is 138 Å². The van der Waals surface area contributed by atoms with E-state index in [1.54, 1.807) is 24.8 Å². The van der Waals surface area contributed by atoms with Crippen molar-refractivity contribution >= 4 is 0 Å². The topological polar surface area (TPSA) is 82.5 Å². The van der Waals surface area contributed by atoms with E-state index in [-0.39, 0.29) is 0 Å². The highest BCUT2D eigenvalue weighted by Gasteiger charge is 2.13. The summed E-state index contributed by atoms with van der Waals surface area (Å²) < 4.78 is 1.48. The van der Waals surface area contributed by atoms with Gasteiger partial charge in [-0.25, -0.2) is 4.68 Å². The van der Waals surface area contributed by atoms with Gasteiger partial charge in [-0.2, -0.15) is 0 Å². The van der Waals surface area contributed by atoms with E-state index < -0.39 is 0 Å². The summed E-state index contributed by atoms with van der Waals surface area (Å²) >= 11 is 0. The van der Waals surface area contributed by atoms with E-state index >= 15 is 0 Å². The Hall–Kier alpha value is -3.54. The maximum absolute atomic E-state index is 6.17. The Kier molecular flexibility index (Phi) is 3.47. The van der Waals surface area contributed by atoms with Gasteiger partial charge in [0.15, 0.2) is 11.6 Å². The van der Waals surface area contributed by atoms with Crippen molar-refractivity contribution in [1.82, 2.24) is 24.8 Å². The zero-order valence-electron chi connectivity index (χ0n) is 12.7. The number of aromatic nitrogens is 5. The van der Waals surface area contributed by atoms with E-state index in [0.717, 1.165) is 22.3 Å². The van der Waals surface area contributed by atoms with Gasteiger partial charge in [-0.15, -0.1) is 10.2 Å². The third-order valence-electron chi connectivity index (χ3n) is 3.77. The molecule has 0 spiro atoms. The number of hydrogen-bond donors (Lipinski definition) is 1. The van der Waals surface area contributed by atoms with Crippen LogP contribution in [0.5, 0.6) is 0 Å². The summed E-state index contributed by atoms with van der Waals surface area (Å²) in [7, 11) is 0. The SMILES string of the molecule is Nn1c(-c2ccc(-c3ccncc3)cc2)nnc1-c1cccnc1. The van der Waals surface area contributed by atoms with Crippen LogP contribution >= 0.6 is 0 Å². The fourth-order valence-corrected chi connectivity index (χ4v) is 2.54. The van der Waals surface area contributed by atoms with Crippen LogP contribution in [0.1, 0.15) is 0 Å². The minimum atomic E-state index is 0.580. The Morgan fingerprint density at radius 1 is 0.625 bits per heavy atom. The molecular weight excluding hydrogens is 300 g/mol. The van der Waals surface area contributed by atoms with Gasteiger partial charge in [0.1, 0.15) is 0 Å². The molecule has 4 rings (SSSR count). The summed E-state index contributed by atoms with van der Waals surface area (Å²) in [4.78, 5) is 8.12. The number of nitrogen functional groups attached to an aromatic ring is 1. The fraction of sp³-hybridized carbons (Fsp3) is 0. The van der Waals surface area contributed by atoms with Gasteiger partial charge in [0, 0.05) is 35.9 Å². The second kappa shape index (κ2) is 5.92. The lowest BCUT2D eigenvalue weighted by Gasteiger charge is -2.05. The van der Waals surface area contributed by atoms with Crippen LogP contribution < -0.4 is 5.84 Å². The van der Waals surface area contributed by atoms with Gasteiger partial charge >= 0.3 is 0 Å². The molecule has 0 saturated heterocycles. The van der Waals surface area contributed by atoms with Crippen LogP contribution in [0.3, 0.4) is 0 Å². The summed E-state index contributed by atoms with van der Waals surface area (Å²) in [5.74, 6) is 7.36. The molecule has 0 unspecified atom stereocenters. The first-order valence-corrected chi connectivity index (χ1v) is 7.44. The Balaban J connectivity index is 1.69. The van der Waals surface area contributed by atoms with Crippen molar-refractivity contribution in [3.8, 4) is 33.9 Å². The molecule has 2 N–H and O–H groups in total. The molecule has 4 aromatic rings. The molecule has 0 aliphatic rings. The van der Waals surface area contributed by atoms with Crippen molar-refractivity contribution in [2.24, 2.45) is 0 Å². The Morgan fingerprint density at radius 3 is 1.92 bits per heavy atom. The maximum atomic E-state index is 6.17. The monoisotopic (exact) mass is 314 g/mol. The van der Waals surface area contributed by atoms with Crippen LogP contribution in [0.25, 0.3) is 33.9 Å². The highest BCUT2D eigenvalue weighted by molar-refractivity contribution is 5.68. The van der Waals surface area contributed by atoms with E-state index in [2.05, 4.69) is 20.2 Å². The fourth-order valence-electron chi connectivity index (χ4n) is 2.54. The van der Waals surface area contributed by atoms with Crippen molar-refractivity contribution in [1.29, 1.82) is 0 Å². The average Bonchev–Trinajstić information content (AvgIpc) is 3.05. The minimum absolute atomic E-state index is 0.580. The molecule has 0 amide bonds. The van der Waals surface area contributed by atoms with Crippen molar-refractivity contribution in [2.75, 3.05) is 5.84 Å². The summed E-state index contributed by atoms with van der Waals surface area (Å²) in [6.07, 6.45) is 6.98. The zero-order chi connectivity index (χ0) is 16.4. The summed E-state index contributed by atoms with van der Waals surface area (Å²) in [5, 5.41) is 8.40. The van der Waals surface area contributed by atoms with Crippen molar-refractivity contribution in [3.63, 3.8) is 0 Å². The standard InChI is InChI=1S/C18H14N6/c19-24-17(22-23-18(24)16-2-1-9-21-12-16)15-5-3-13(4-6-15)14-7-10-20-11-8-14/h1-12H,19H2. The molecule has 0 bridgehead atoms. The molecule has 3 aromatic heterocycles. The van der Waals surface area contributed by atoms with Crippen LogP contribution in [0, 0.1) is 0 Å². The Bertz CT molecular complexity index is 946. The lowest BCUT2D eigenvalue weighted by atomic mass is 10.1. The molecule has 0 aliphatic heterocycles. The summed E-state index contributed by atoms with van der Waals surface area (Å²) in [6, 6.07) is 15.7. The predicted molar refractivity (Wildman–Crippen MR) is 92.1 cm³/mol. The second-order valence-corrected chi connectivity index (χ2v) is 5.27. The third kappa shape index (κ3) is 2.50. The van der Waals surface area contributed by atoms with Crippen LogP contribution in [0.4, 0.5) is 0 Å². The third-order valence-corrected chi connectivity index (χ3v) is 3.77. The van der Waals surface area contributed by atoms with Gasteiger partial charge < -0.3 is 5.84 Å². The van der Waals surface area contributed by atoms with E-state index in [1.807, 2.05) is 48.5 Å². The number of nitrogens with zero attached hydrogens (tertiary/aromatic N) is 5. The molecule has 0 radical (unpaired) electrons. The molecule has 6 nitrogen and oxygen atoms in total. The highest BCUT2D eigenvalue weighted by Crippen LogP contribution is 2.25. The van der Waals surface area contributed by atoms with E-state index in [9.17, 15) is 0 Å².